The van der Waals surface area contributed by atoms with Gasteiger partial charge in [0, 0.05) is 38.3 Å². The number of hydrogen-bond donors (Lipinski definition) is 1. The number of ether oxygens (including phenoxy) is 2. The molecule has 1 aliphatic carbocycles. The fraction of sp³-hybridized carbons (Fsp3) is 0.371. The molecule has 2 heterocycles. The van der Waals surface area contributed by atoms with Crippen LogP contribution in [-0.4, -0.2) is 27.6 Å². The molecule has 2 atom stereocenters. The summed E-state index contributed by atoms with van der Waals surface area (Å²) in [5, 5.41) is 11.4. The van der Waals surface area contributed by atoms with E-state index in [1.54, 1.807) is 6.07 Å². The van der Waals surface area contributed by atoms with Crippen molar-refractivity contribution in [2.24, 2.45) is 10.9 Å². The fourth-order valence-electron chi connectivity index (χ4n) is 6.29. The molecule has 0 amide bonds. The number of aliphatic imine (C=N–C) groups is 1. The Labute approximate surface area is 257 Å². The average Bonchev–Trinajstić information content (AvgIpc) is 3.59. The Morgan fingerprint density at radius 2 is 1.73 bits per heavy atom. The summed E-state index contributed by atoms with van der Waals surface area (Å²) in [4.78, 5) is 9.84. The minimum atomic E-state index is -0.310. The van der Waals surface area contributed by atoms with Crippen LogP contribution in [-0.2, 0) is 31.2 Å². The number of nitrogens with zero attached hydrogens (tertiary/aromatic N) is 2. The van der Waals surface area contributed by atoms with E-state index in [0.29, 0.717) is 29.0 Å². The molecule has 0 radical (unpaired) electrons. The summed E-state index contributed by atoms with van der Waals surface area (Å²) in [6.45, 7) is 10.7. The number of fused-ring (bicyclic) bond motifs is 1. The van der Waals surface area contributed by atoms with Gasteiger partial charge in [0.15, 0.2) is 0 Å². The van der Waals surface area contributed by atoms with E-state index in [2.05, 4.69) is 69.1 Å². The van der Waals surface area contributed by atoms with Crippen LogP contribution in [0, 0.1) is 18.9 Å². The van der Waals surface area contributed by atoms with Gasteiger partial charge in [-0.3, -0.25) is 4.99 Å². The number of phenols is 1. The minimum absolute atomic E-state index is 0. The van der Waals surface area contributed by atoms with Crippen LogP contribution in [0.1, 0.15) is 75.6 Å². The molecule has 1 aliphatic heterocycles. The molecule has 3 aromatic carbocycles. The molecule has 216 valence electrons. The number of pyridine rings is 1. The van der Waals surface area contributed by atoms with E-state index in [4.69, 9.17) is 14.5 Å². The summed E-state index contributed by atoms with van der Waals surface area (Å²) in [6.07, 6.45) is 4.90. The zero-order valence-corrected chi connectivity index (χ0v) is 26.6. The van der Waals surface area contributed by atoms with E-state index in [9.17, 15) is 5.11 Å². The maximum atomic E-state index is 10.5. The summed E-state index contributed by atoms with van der Waals surface area (Å²) in [6, 6.07) is 25.5. The predicted octanol–water partition coefficient (Wildman–Crippen LogP) is 8.28. The smallest absolute Gasteiger partial charge is 0.217 e. The van der Waals surface area contributed by atoms with Gasteiger partial charge in [0.1, 0.15) is 23.3 Å². The van der Waals surface area contributed by atoms with Crippen molar-refractivity contribution >= 4 is 16.8 Å². The Balaban J connectivity index is 0.00000337. The van der Waals surface area contributed by atoms with Gasteiger partial charge < -0.3 is 14.6 Å². The van der Waals surface area contributed by atoms with Crippen molar-refractivity contribution < 1.29 is 35.6 Å². The van der Waals surface area contributed by atoms with Crippen molar-refractivity contribution in [1.29, 1.82) is 0 Å². The Kier molecular flexibility index (Phi) is 8.05. The Bertz CT molecular complexity index is 1590. The zero-order valence-electron chi connectivity index (χ0n) is 24.3. The second-order valence-corrected chi connectivity index (χ2v) is 12.1. The number of hydrogen-bond acceptors (Lipinski definition) is 5. The van der Waals surface area contributed by atoms with Crippen LogP contribution in [0.15, 0.2) is 71.7 Å². The predicted molar refractivity (Wildman–Crippen MR) is 160 cm³/mol. The SMILES string of the molecule is Cc1cc(O)c2nc(Oc3[c-]c(C4=N[C@@](C)(C5CCCC5)[C@H](C)O4)cc(C(C)(C)c4ccccc4)c3)ccc2c1.[Pt]. The van der Waals surface area contributed by atoms with Crippen LogP contribution in [0.3, 0.4) is 0 Å². The summed E-state index contributed by atoms with van der Waals surface area (Å²) in [5.74, 6) is 2.21. The number of rotatable bonds is 6. The number of aromatic nitrogens is 1. The normalized spacial score (nSPS) is 20.9. The van der Waals surface area contributed by atoms with Crippen molar-refractivity contribution in [3.8, 4) is 17.4 Å². The first-order chi connectivity index (χ1) is 19.1. The molecule has 0 bridgehead atoms. The maximum absolute atomic E-state index is 10.5. The van der Waals surface area contributed by atoms with Gasteiger partial charge in [0.25, 0.3) is 0 Å². The second kappa shape index (κ2) is 11.2. The van der Waals surface area contributed by atoms with Crippen LogP contribution in [0.2, 0.25) is 0 Å². The Hall–Kier alpha value is -3.17. The quantitative estimate of drug-likeness (QED) is 0.203. The molecule has 1 N–H and O–H groups in total. The molecule has 6 rings (SSSR count). The molecule has 0 unspecified atom stereocenters. The monoisotopic (exact) mass is 728 g/mol. The van der Waals surface area contributed by atoms with E-state index in [0.717, 1.165) is 22.1 Å². The standard InChI is InChI=1S/C35H37N2O3.Pt/c1-22-17-24-15-16-31(36-32(24)30(38)18-22)40-29-20-25(19-28(21-29)34(3,4)26-11-7-6-8-12-26)33-37-35(5,23(2)39-33)27-13-9-10-14-27;/h6-8,11-12,15-19,21,23,27,38H,9-10,13-14H2,1-5H3;/q-1;/t23-,35+;/m0./s1. The van der Waals surface area contributed by atoms with Crippen molar-refractivity contribution in [3.63, 3.8) is 0 Å². The topological polar surface area (TPSA) is 63.9 Å². The van der Waals surface area contributed by atoms with Crippen LogP contribution >= 0.6 is 0 Å². The first kappa shape index (κ1) is 29.3. The van der Waals surface area contributed by atoms with Gasteiger partial charge in [-0.2, -0.15) is 0 Å². The first-order valence-corrected chi connectivity index (χ1v) is 14.3. The van der Waals surface area contributed by atoms with Crippen molar-refractivity contribution in [2.75, 3.05) is 0 Å². The molecule has 6 heteroatoms. The number of aromatic hydroxyl groups is 1. The van der Waals surface area contributed by atoms with Crippen molar-refractivity contribution in [1.82, 2.24) is 4.98 Å². The molecule has 0 saturated heterocycles. The van der Waals surface area contributed by atoms with Crippen LogP contribution in [0.25, 0.3) is 10.9 Å². The van der Waals surface area contributed by atoms with Gasteiger partial charge in [-0.1, -0.05) is 74.7 Å². The molecule has 0 spiro atoms. The van der Waals surface area contributed by atoms with Gasteiger partial charge in [-0.05, 0) is 74.3 Å². The number of benzene rings is 3. The molecule has 1 fully saturated rings. The number of phenolic OH excluding ortho intramolecular Hbond substituents is 1. The number of aryl methyl sites for hydroxylation is 1. The molecule has 5 nitrogen and oxygen atoms in total. The van der Waals surface area contributed by atoms with E-state index < -0.39 is 0 Å². The summed E-state index contributed by atoms with van der Waals surface area (Å²) >= 11 is 0. The third-order valence-electron chi connectivity index (χ3n) is 9.03. The van der Waals surface area contributed by atoms with E-state index in [-0.39, 0.29) is 43.9 Å². The molecular weight excluding hydrogens is 691 g/mol. The molecule has 1 saturated carbocycles. The zero-order chi connectivity index (χ0) is 28.1. The van der Waals surface area contributed by atoms with Crippen molar-refractivity contribution in [3.05, 3.63) is 95.1 Å². The summed E-state index contributed by atoms with van der Waals surface area (Å²) in [5.41, 5.74) is 3.97. The van der Waals surface area contributed by atoms with Crippen molar-refractivity contribution in [2.45, 2.75) is 77.4 Å². The minimum Gasteiger partial charge on any atom is -0.515 e. The van der Waals surface area contributed by atoms with Gasteiger partial charge in [-0.25, -0.2) is 4.98 Å². The molecule has 2 aliphatic rings. The largest absolute Gasteiger partial charge is 0.515 e. The Morgan fingerprint density at radius 1 is 1.00 bits per heavy atom. The van der Waals surface area contributed by atoms with E-state index in [1.807, 2.05) is 37.3 Å². The summed E-state index contributed by atoms with van der Waals surface area (Å²) < 4.78 is 12.8. The van der Waals surface area contributed by atoms with Crippen LogP contribution < -0.4 is 4.74 Å². The van der Waals surface area contributed by atoms with Crippen LogP contribution in [0.4, 0.5) is 0 Å². The summed E-state index contributed by atoms with van der Waals surface area (Å²) in [7, 11) is 0. The second-order valence-electron chi connectivity index (χ2n) is 12.1. The fourth-order valence-corrected chi connectivity index (χ4v) is 6.29. The molecule has 4 aromatic rings. The third-order valence-corrected chi connectivity index (χ3v) is 9.03. The van der Waals surface area contributed by atoms with E-state index in [1.165, 1.54) is 31.2 Å². The third kappa shape index (κ3) is 5.54. The van der Waals surface area contributed by atoms with Gasteiger partial charge in [0.2, 0.25) is 5.88 Å². The molecular formula is C35H37N2O3Pt-. The van der Waals surface area contributed by atoms with Gasteiger partial charge in [0.05, 0.1) is 5.54 Å². The average molecular weight is 729 g/mol. The van der Waals surface area contributed by atoms with Crippen LogP contribution in [0.5, 0.6) is 17.4 Å². The Morgan fingerprint density at radius 3 is 2.46 bits per heavy atom. The maximum Gasteiger partial charge on any atom is 0.217 e. The molecule has 1 aromatic heterocycles. The van der Waals surface area contributed by atoms with Gasteiger partial charge in [-0.15, -0.1) is 11.6 Å². The first-order valence-electron chi connectivity index (χ1n) is 14.3. The molecule has 41 heavy (non-hydrogen) atoms. The van der Waals surface area contributed by atoms with Gasteiger partial charge >= 0.3 is 0 Å². The van der Waals surface area contributed by atoms with E-state index >= 15 is 0 Å².